The lowest BCUT2D eigenvalue weighted by molar-refractivity contribution is 0.564. The lowest BCUT2D eigenvalue weighted by atomic mass is 9.65. The summed E-state index contributed by atoms with van der Waals surface area (Å²) in [5, 5.41) is 0. The van der Waals surface area contributed by atoms with E-state index in [2.05, 4.69) is 92.6 Å². The summed E-state index contributed by atoms with van der Waals surface area (Å²) in [5.41, 5.74) is 8.26. The number of carbonyl (C=O) groups excluding carboxylic acids is 1. The highest BCUT2D eigenvalue weighted by molar-refractivity contribution is 5.90. The molecule has 0 fully saturated rings. The SMILES string of the molecule is CC(C)c1ccc2c(c1)C1(C(=C=O)/C=C\C=C/c3ccccc31)c1ccccc1-2. The summed E-state index contributed by atoms with van der Waals surface area (Å²) < 4.78 is 0. The van der Waals surface area contributed by atoms with E-state index in [0.717, 1.165) is 16.7 Å². The molecule has 29 heavy (non-hydrogen) atoms. The molecule has 0 aromatic heterocycles. The average molecular weight is 374 g/mol. The Morgan fingerprint density at radius 3 is 2.24 bits per heavy atom. The zero-order chi connectivity index (χ0) is 20.0. The lowest BCUT2D eigenvalue weighted by Crippen LogP contribution is -2.30. The molecule has 1 unspecified atom stereocenters. The van der Waals surface area contributed by atoms with Crippen LogP contribution in [0.4, 0.5) is 0 Å². The smallest absolute Gasteiger partial charge is 0.129 e. The van der Waals surface area contributed by atoms with Crippen molar-refractivity contribution in [2.24, 2.45) is 0 Å². The third-order valence-corrected chi connectivity index (χ3v) is 6.26. The molecule has 1 heteroatoms. The van der Waals surface area contributed by atoms with Crippen LogP contribution in [0.3, 0.4) is 0 Å². The first-order chi connectivity index (χ1) is 14.2. The highest BCUT2D eigenvalue weighted by Gasteiger charge is 2.48. The Kier molecular flexibility index (Phi) is 4.01. The van der Waals surface area contributed by atoms with Crippen LogP contribution in [0, 0.1) is 0 Å². The zero-order valence-electron chi connectivity index (χ0n) is 16.6. The van der Waals surface area contributed by atoms with Crippen molar-refractivity contribution in [3.8, 4) is 11.1 Å². The third-order valence-electron chi connectivity index (χ3n) is 6.26. The van der Waals surface area contributed by atoms with Crippen molar-refractivity contribution in [3.05, 3.63) is 118 Å². The number of hydrogen-bond donors (Lipinski definition) is 0. The van der Waals surface area contributed by atoms with E-state index in [1.165, 1.54) is 22.3 Å². The highest BCUT2D eigenvalue weighted by Crippen LogP contribution is 2.57. The third kappa shape index (κ3) is 2.38. The van der Waals surface area contributed by atoms with E-state index in [-0.39, 0.29) is 0 Å². The monoisotopic (exact) mass is 374 g/mol. The summed E-state index contributed by atoms with van der Waals surface area (Å²) in [6, 6.07) is 23.6. The lowest BCUT2D eigenvalue weighted by Gasteiger charge is -2.34. The van der Waals surface area contributed by atoms with Crippen molar-refractivity contribution in [3.63, 3.8) is 0 Å². The van der Waals surface area contributed by atoms with Gasteiger partial charge in [-0.1, -0.05) is 98.8 Å². The predicted octanol–water partition coefficient (Wildman–Crippen LogP) is 6.47. The van der Waals surface area contributed by atoms with Crippen LogP contribution in [0.5, 0.6) is 0 Å². The Hall–Kier alpha value is -3.41. The fraction of sp³-hybridized carbons (Fsp3) is 0.143. The zero-order valence-corrected chi connectivity index (χ0v) is 16.6. The van der Waals surface area contributed by atoms with E-state index >= 15 is 0 Å². The van der Waals surface area contributed by atoms with Crippen LogP contribution in [0.1, 0.15) is 47.6 Å². The molecule has 1 nitrogen and oxygen atoms in total. The van der Waals surface area contributed by atoms with E-state index in [1.807, 2.05) is 18.2 Å². The summed E-state index contributed by atoms with van der Waals surface area (Å²) in [7, 11) is 0. The van der Waals surface area contributed by atoms with Crippen LogP contribution >= 0.6 is 0 Å². The van der Waals surface area contributed by atoms with Gasteiger partial charge in [-0.25, -0.2) is 4.79 Å². The van der Waals surface area contributed by atoms with Gasteiger partial charge < -0.3 is 0 Å². The van der Waals surface area contributed by atoms with Crippen LogP contribution in [0.15, 0.2) is 90.5 Å². The average Bonchev–Trinajstić information content (AvgIpc) is 3.03. The Labute approximate surface area is 171 Å². The molecular formula is C28H22O. The maximum Gasteiger partial charge on any atom is 0.129 e. The summed E-state index contributed by atoms with van der Waals surface area (Å²) in [6.45, 7) is 4.42. The van der Waals surface area contributed by atoms with Gasteiger partial charge in [0.25, 0.3) is 0 Å². The number of fused-ring (bicyclic) bond motifs is 7. The molecular weight excluding hydrogens is 352 g/mol. The van der Waals surface area contributed by atoms with Gasteiger partial charge in [-0.05, 0) is 50.9 Å². The normalized spacial score (nSPS) is 21.0. The molecule has 0 amide bonds. The molecule has 3 aromatic rings. The molecule has 2 aliphatic carbocycles. The van der Waals surface area contributed by atoms with Crippen LogP contribution in [0.25, 0.3) is 17.2 Å². The van der Waals surface area contributed by atoms with E-state index in [1.54, 1.807) is 0 Å². The molecule has 0 heterocycles. The second-order valence-corrected chi connectivity index (χ2v) is 8.08. The first-order valence-electron chi connectivity index (χ1n) is 10.1. The largest absolute Gasteiger partial charge is 0.233 e. The number of hydrogen-bond acceptors (Lipinski definition) is 1. The van der Waals surface area contributed by atoms with Crippen molar-refractivity contribution >= 4 is 12.0 Å². The minimum Gasteiger partial charge on any atom is -0.233 e. The van der Waals surface area contributed by atoms with Gasteiger partial charge >= 0.3 is 0 Å². The molecule has 1 atom stereocenters. The fourth-order valence-corrected chi connectivity index (χ4v) is 4.91. The summed E-state index contributed by atoms with van der Waals surface area (Å²) in [4.78, 5) is 12.4. The molecule has 3 aromatic carbocycles. The van der Waals surface area contributed by atoms with Gasteiger partial charge in [0.2, 0.25) is 0 Å². The molecule has 0 aliphatic heterocycles. The van der Waals surface area contributed by atoms with Crippen LogP contribution in [0.2, 0.25) is 0 Å². The summed E-state index contributed by atoms with van der Waals surface area (Å²) in [6.07, 6.45) is 8.00. The van der Waals surface area contributed by atoms with Crippen molar-refractivity contribution in [2.75, 3.05) is 0 Å². The van der Waals surface area contributed by atoms with Crippen molar-refractivity contribution in [1.29, 1.82) is 0 Å². The van der Waals surface area contributed by atoms with Gasteiger partial charge in [-0.3, -0.25) is 0 Å². The molecule has 1 spiro atoms. The van der Waals surface area contributed by atoms with Gasteiger partial charge in [0.1, 0.15) is 5.94 Å². The number of allylic oxidation sites excluding steroid dienone is 4. The topological polar surface area (TPSA) is 17.1 Å². The van der Waals surface area contributed by atoms with Crippen molar-refractivity contribution in [2.45, 2.75) is 25.2 Å². The first kappa shape index (κ1) is 17.7. The quantitative estimate of drug-likeness (QED) is 0.446. The second kappa shape index (κ2) is 6.58. The van der Waals surface area contributed by atoms with Gasteiger partial charge in [-0.15, -0.1) is 0 Å². The van der Waals surface area contributed by atoms with Gasteiger partial charge in [-0.2, -0.15) is 0 Å². The molecule has 0 N–H and O–H groups in total. The molecule has 5 rings (SSSR count). The molecule has 0 bridgehead atoms. The van der Waals surface area contributed by atoms with Gasteiger partial charge in [0, 0.05) is 0 Å². The molecule has 140 valence electrons. The predicted molar refractivity (Wildman–Crippen MR) is 120 cm³/mol. The maximum atomic E-state index is 12.4. The van der Waals surface area contributed by atoms with Gasteiger partial charge in [0.05, 0.1) is 11.0 Å². The second-order valence-electron chi connectivity index (χ2n) is 8.08. The van der Waals surface area contributed by atoms with Crippen LogP contribution in [-0.4, -0.2) is 5.94 Å². The Balaban J connectivity index is 2.01. The minimum atomic E-state index is -0.656. The maximum absolute atomic E-state index is 12.4. The minimum absolute atomic E-state index is 0.406. The Morgan fingerprint density at radius 1 is 0.759 bits per heavy atom. The highest BCUT2D eigenvalue weighted by atomic mass is 16.1. The standard InChI is InChI=1S/C28H22O/c1-19(2)21-15-16-24-23-12-6-8-14-26(23)28(27(24)17-21)22(18-29)11-5-3-9-20-10-4-7-13-25(20)28/h3-17,19H,1-2H3/b9-3-,11-5-. The van der Waals surface area contributed by atoms with Gasteiger partial charge in [0.15, 0.2) is 0 Å². The van der Waals surface area contributed by atoms with Crippen LogP contribution < -0.4 is 0 Å². The first-order valence-corrected chi connectivity index (χ1v) is 10.1. The Bertz CT molecular complexity index is 1230. The van der Waals surface area contributed by atoms with E-state index in [4.69, 9.17) is 0 Å². The van der Waals surface area contributed by atoms with Crippen LogP contribution in [-0.2, 0) is 10.2 Å². The van der Waals surface area contributed by atoms with E-state index in [9.17, 15) is 4.79 Å². The molecule has 2 aliphatic rings. The number of rotatable bonds is 1. The molecule has 0 saturated carbocycles. The van der Waals surface area contributed by atoms with E-state index < -0.39 is 5.41 Å². The van der Waals surface area contributed by atoms with E-state index in [0.29, 0.717) is 11.5 Å². The summed E-state index contributed by atoms with van der Waals surface area (Å²) >= 11 is 0. The molecule has 0 radical (unpaired) electrons. The molecule has 0 saturated heterocycles. The summed E-state index contributed by atoms with van der Waals surface area (Å²) in [5.74, 6) is 2.73. The fourth-order valence-electron chi connectivity index (χ4n) is 4.91. The number of benzene rings is 3. The van der Waals surface area contributed by atoms with Crippen molar-refractivity contribution in [1.82, 2.24) is 0 Å². The van der Waals surface area contributed by atoms with Crippen molar-refractivity contribution < 1.29 is 4.79 Å². The Morgan fingerprint density at radius 2 is 1.45 bits per heavy atom.